The van der Waals surface area contributed by atoms with Crippen LogP contribution in [0.15, 0.2) is 36.4 Å². The second-order valence-corrected chi connectivity index (χ2v) is 8.96. The molecule has 2 aromatic carbocycles. The Morgan fingerprint density at radius 3 is 2.15 bits per heavy atom. The molecule has 140 valence electrons. The molecule has 1 amide bonds. The molecule has 1 atom stereocenters. The Bertz CT molecular complexity index is 928. The molecule has 2 aromatic rings. The molecule has 0 fully saturated rings. The van der Waals surface area contributed by atoms with Crippen molar-refractivity contribution in [3.63, 3.8) is 0 Å². The molecular formula is C17H17Cl3N2O3S. The van der Waals surface area contributed by atoms with Gasteiger partial charge in [0.15, 0.2) is 0 Å². The topological polar surface area (TPSA) is 66.5 Å². The van der Waals surface area contributed by atoms with E-state index in [-0.39, 0.29) is 0 Å². The number of hydrogen-bond acceptors (Lipinski definition) is 3. The van der Waals surface area contributed by atoms with Gasteiger partial charge in [-0.1, -0.05) is 40.9 Å². The van der Waals surface area contributed by atoms with Gasteiger partial charge in [-0.3, -0.25) is 9.10 Å². The minimum absolute atomic E-state index is 0.301. The van der Waals surface area contributed by atoms with E-state index in [0.29, 0.717) is 26.4 Å². The first-order chi connectivity index (χ1) is 12.0. The van der Waals surface area contributed by atoms with Crippen LogP contribution in [0.3, 0.4) is 0 Å². The number of nitrogens with zero attached hydrogens (tertiary/aromatic N) is 1. The van der Waals surface area contributed by atoms with Crippen molar-refractivity contribution in [2.75, 3.05) is 15.9 Å². The van der Waals surface area contributed by atoms with E-state index in [1.54, 1.807) is 19.1 Å². The molecule has 0 aliphatic rings. The first-order valence-electron chi connectivity index (χ1n) is 7.51. The highest BCUT2D eigenvalue weighted by Crippen LogP contribution is 2.28. The second kappa shape index (κ2) is 8.05. The van der Waals surface area contributed by atoms with Crippen molar-refractivity contribution in [1.82, 2.24) is 0 Å². The molecule has 0 aliphatic carbocycles. The van der Waals surface area contributed by atoms with Crippen LogP contribution < -0.4 is 9.62 Å². The fourth-order valence-electron chi connectivity index (χ4n) is 2.40. The third kappa shape index (κ3) is 5.04. The van der Waals surface area contributed by atoms with E-state index < -0.39 is 22.0 Å². The summed E-state index contributed by atoms with van der Waals surface area (Å²) in [6.45, 7) is 3.28. The van der Waals surface area contributed by atoms with E-state index in [0.717, 1.165) is 16.1 Å². The van der Waals surface area contributed by atoms with Crippen molar-refractivity contribution >= 4 is 62.1 Å². The molecule has 0 aliphatic heterocycles. The summed E-state index contributed by atoms with van der Waals surface area (Å²) in [5.74, 6) is -0.537. The van der Waals surface area contributed by atoms with Gasteiger partial charge in [-0.25, -0.2) is 8.42 Å². The average Bonchev–Trinajstić information content (AvgIpc) is 2.48. The molecule has 26 heavy (non-hydrogen) atoms. The van der Waals surface area contributed by atoms with Gasteiger partial charge in [-0.05, 0) is 49.7 Å². The molecule has 0 saturated heterocycles. The van der Waals surface area contributed by atoms with Crippen LogP contribution in [0.25, 0.3) is 0 Å². The fraction of sp³-hybridized carbons (Fsp3) is 0.235. The zero-order valence-corrected chi connectivity index (χ0v) is 17.3. The molecule has 5 nitrogen and oxygen atoms in total. The lowest BCUT2D eigenvalue weighted by Gasteiger charge is -2.28. The zero-order valence-electron chi connectivity index (χ0n) is 14.3. The number of halogens is 3. The Balaban J connectivity index is 2.35. The Morgan fingerprint density at radius 2 is 1.65 bits per heavy atom. The maximum atomic E-state index is 12.6. The van der Waals surface area contributed by atoms with Crippen LogP contribution in [0.5, 0.6) is 0 Å². The highest BCUT2D eigenvalue weighted by atomic mass is 35.5. The van der Waals surface area contributed by atoms with E-state index in [4.69, 9.17) is 34.8 Å². The van der Waals surface area contributed by atoms with Gasteiger partial charge in [-0.2, -0.15) is 0 Å². The van der Waals surface area contributed by atoms with E-state index in [9.17, 15) is 13.2 Å². The summed E-state index contributed by atoms with van der Waals surface area (Å²) in [6.07, 6.45) is 1.03. The van der Waals surface area contributed by atoms with Crippen LogP contribution in [0.1, 0.15) is 12.5 Å². The first kappa shape index (κ1) is 20.8. The molecule has 0 aromatic heterocycles. The quantitative estimate of drug-likeness (QED) is 0.737. The van der Waals surface area contributed by atoms with Crippen molar-refractivity contribution < 1.29 is 13.2 Å². The lowest BCUT2D eigenvalue weighted by molar-refractivity contribution is -0.116. The number of carbonyl (C=O) groups is 1. The number of anilines is 2. The van der Waals surface area contributed by atoms with E-state index in [1.807, 2.05) is 0 Å². The van der Waals surface area contributed by atoms with Gasteiger partial charge in [0.1, 0.15) is 6.04 Å². The number of sulfonamides is 1. The molecule has 0 bridgehead atoms. The number of benzene rings is 2. The van der Waals surface area contributed by atoms with Gasteiger partial charge < -0.3 is 5.32 Å². The molecule has 0 radical (unpaired) electrons. The predicted molar refractivity (Wildman–Crippen MR) is 108 cm³/mol. The van der Waals surface area contributed by atoms with Gasteiger partial charge >= 0.3 is 0 Å². The van der Waals surface area contributed by atoms with Gasteiger partial charge in [0.05, 0.1) is 11.9 Å². The van der Waals surface area contributed by atoms with Crippen LogP contribution in [0, 0.1) is 6.92 Å². The fourth-order valence-corrected chi connectivity index (χ4v) is 4.27. The molecule has 9 heteroatoms. The molecule has 1 N–H and O–H groups in total. The van der Waals surface area contributed by atoms with Crippen molar-refractivity contribution in [1.29, 1.82) is 0 Å². The van der Waals surface area contributed by atoms with E-state index >= 15 is 0 Å². The van der Waals surface area contributed by atoms with Crippen molar-refractivity contribution in [2.45, 2.75) is 19.9 Å². The van der Waals surface area contributed by atoms with Crippen LogP contribution in [-0.2, 0) is 14.8 Å². The van der Waals surface area contributed by atoms with Gasteiger partial charge in [-0.15, -0.1) is 0 Å². The minimum atomic E-state index is -3.74. The summed E-state index contributed by atoms with van der Waals surface area (Å²) in [5.41, 5.74) is 1.47. The maximum Gasteiger partial charge on any atom is 0.247 e. The highest BCUT2D eigenvalue weighted by molar-refractivity contribution is 7.92. The van der Waals surface area contributed by atoms with Crippen LogP contribution in [-0.4, -0.2) is 26.6 Å². The molecule has 0 saturated carbocycles. The molecule has 2 rings (SSSR count). The smallest absolute Gasteiger partial charge is 0.247 e. The SMILES string of the molecule is Cc1ccc(N([C@@H](C)C(=O)Nc2cc(Cl)cc(Cl)c2)S(C)(=O)=O)cc1Cl. The Hall–Kier alpha value is -1.47. The Kier molecular flexibility index (Phi) is 6.45. The van der Waals surface area contributed by atoms with Crippen molar-refractivity contribution in [3.8, 4) is 0 Å². The summed E-state index contributed by atoms with van der Waals surface area (Å²) in [7, 11) is -3.74. The summed E-state index contributed by atoms with van der Waals surface area (Å²) in [6, 6.07) is 8.34. The number of amides is 1. The lowest BCUT2D eigenvalue weighted by Crippen LogP contribution is -2.45. The number of aryl methyl sites for hydroxylation is 1. The van der Waals surface area contributed by atoms with Crippen molar-refractivity contribution in [2.24, 2.45) is 0 Å². The Labute approximate surface area is 167 Å². The van der Waals surface area contributed by atoms with Crippen LogP contribution in [0.4, 0.5) is 11.4 Å². The number of carbonyl (C=O) groups excluding carboxylic acids is 1. The van der Waals surface area contributed by atoms with Crippen molar-refractivity contribution in [3.05, 3.63) is 57.0 Å². The van der Waals surface area contributed by atoms with Gasteiger partial charge in [0.2, 0.25) is 15.9 Å². The normalized spacial score (nSPS) is 12.5. The minimum Gasteiger partial charge on any atom is -0.324 e. The summed E-state index contributed by atoms with van der Waals surface area (Å²) < 4.78 is 25.6. The maximum absolute atomic E-state index is 12.6. The van der Waals surface area contributed by atoms with Gasteiger partial charge in [0, 0.05) is 20.8 Å². The third-order valence-electron chi connectivity index (χ3n) is 3.63. The largest absolute Gasteiger partial charge is 0.324 e. The second-order valence-electron chi connectivity index (χ2n) is 5.82. The van der Waals surface area contributed by atoms with E-state index in [2.05, 4.69) is 5.32 Å². The summed E-state index contributed by atoms with van der Waals surface area (Å²) in [5, 5.41) is 3.74. The van der Waals surface area contributed by atoms with E-state index in [1.165, 1.54) is 31.2 Å². The third-order valence-corrected chi connectivity index (χ3v) is 5.71. The summed E-state index contributed by atoms with van der Waals surface area (Å²) >= 11 is 17.9. The standard InChI is InChI=1S/C17H17Cl3N2O3S/c1-10-4-5-15(9-16(10)20)22(26(3,24)25)11(2)17(23)21-14-7-12(18)6-13(19)8-14/h4-9,11H,1-3H3,(H,21,23)/t11-/m0/s1. The average molecular weight is 436 g/mol. The Morgan fingerprint density at radius 1 is 1.08 bits per heavy atom. The van der Waals surface area contributed by atoms with Crippen LogP contribution in [0.2, 0.25) is 15.1 Å². The zero-order chi connectivity index (χ0) is 19.6. The molecular weight excluding hydrogens is 419 g/mol. The van der Waals surface area contributed by atoms with Gasteiger partial charge in [0.25, 0.3) is 0 Å². The van der Waals surface area contributed by atoms with Crippen LogP contribution >= 0.6 is 34.8 Å². The monoisotopic (exact) mass is 434 g/mol. The molecule has 0 unspecified atom stereocenters. The highest BCUT2D eigenvalue weighted by Gasteiger charge is 2.29. The number of rotatable bonds is 5. The lowest BCUT2D eigenvalue weighted by atomic mass is 10.2. The number of hydrogen-bond donors (Lipinski definition) is 1. The molecule has 0 spiro atoms. The predicted octanol–water partition coefficient (Wildman–Crippen LogP) is 4.75. The molecule has 0 heterocycles. The summed E-state index contributed by atoms with van der Waals surface area (Å²) in [4.78, 5) is 12.6. The number of nitrogens with one attached hydrogen (secondary N) is 1. The first-order valence-corrected chi connectivity index (χ1v) is 10.5.